The second kappa shape index (κ2) is 12.5. The lowest BCUT2D eigenvalue weighted by Gasteiger charge is -2.24. The third kappa shape index (κ3) is 8.64. The number of hydrogen-bond acceptors (Lipinski definition) is 9. The van der Waals surface area contributed by atoms with E-state index in [1.807, 2.05) is 4.72 Å². The number of H-pyrrole nitrogens is 2. The van der Waals surface area contributed by atoms with Gasteiger partial charge in [0.1, 0.15) is 17.3 Å². The molecule has 1 atom stereocenters. The van der Waals surface area contributed by atoms with Crippen molar-refractivity contribution in [3.63, 3.8) is 0 Å². The molecule has 3 rings (SSSR count). The fourth-order valence-corrected chi connectivity index (χ4v) is 4.54. The molecule has 13 nitrogen and oxygen atoms in total. The molecule has 1 unspecified atom stereocenters. The minimum Gasteiger partial charge on any atom is -0.458 e. The number of carbonyl (C=O) groups is 3. The minimum absolute atomic E-state index is 0.0287. The molecule has 14 heteroatoms. The van der Waals surface area contributed by atoms with Gasteiger partial charge in [-0.15, -0.1) is 0 Å². The van der Waals surface area contributed by atoms with E-state index in [2.05, 4.69) is 20.3 Å². The largest absolute Gasteiger partial charge is 0.458 e. The fourth-order valence-electron chi connectivity index (χ4n) is 3.89. The molecule has 0 fully saturated rings. The van der Waals surface area contributed by atoms with Crippen molar-refractivity contribution in [3.8, 4) is 0 Å². The van der Waals surface area contributed by atoms with Gasteiger partial charge >= 0.3 is 5.97 Å². The molecular weight excluding hydrogens is 552 g/mol. The first-order valence-electron chi connectivity index (χ1n) is 13.1. The third-order valence-corrected chi connectivity index (χ3v) is 7.83. The SMILES string of the molecule is CC(C)S(=O)(=O)NC(=O)CCC(NC(=O)c1ccc(CCc2c[nH]c3nc(N)[nH]c(=O)c23)cc1)C(=O)OC(C)(C)C. The number of anilines is 1. The molecule has 2 amide bonds. The molecule has 2 heterocycles. The molecule has 2 aromatic heterocycles. The van der Waals surface area contributed by atoms with Crippen molar-refractivity contribution in [2.24, 2.45) is 0 Å². The van der Waals surface area contributed by atoms with Gasteiger partial charge in [-0.2, -0.15) is 4.98 Å². The summed E-state index contributed by atoms with van der Waals surface area (Å²) >= 11 is 0. The zero-order chi connectivity index (χ0) is 30.5. The van der Waals surface area contributed by atoms with Crippen molar-refractivity contribution in [1.82, 2.24) is 25.0 Å². The van der Waals surface area contributed by atoms with E-state index in [1.165, 1.54) is 13.8 Å². The van der Waals surface area contributed by atoms with E-state index in [4.69, 9.17) is 10.5 Å². The quantitative estimate of drug-likeness (QED) is 0.206. The van der Waals surface area contributed by atoms with Crippen LogP contribution in [0, 0.1) is 0 Å². The number of aromatic nitrogens is 3. The number of benzene rings is 1. The van der Waals surface area contributed by atoms with Crippen molar-refractivity contribution in [2.75, 3.05) is 5.73 Å². The van der Waals surface area contributed by atoms with Crippen LogP contribution in [-0.2, 0) is 37.2 Å². The van der Waals surface area contributed by atoms with Crippen LogP contribution in [0.5, 0.6) is 0 Å². The highest BCUT2D eigenvalue weighted by atomic mass is 32.2. The van der Waals surface area contributed by atoms with Gasteiger partial charge in [0.15, 0.2) is 0 Å². The van der Waals surface area contributed by atoms with E-state index >= 15 is 0 Å². The van der Waals surface area contributed by atoms with Gasteiger partial charge in [-0.1, -0.05) is 12.1 Å². The molecule has 0 aliphatic carbocycles. The summed E-state index contributed by atoms with van der Waals surface area (Å²) in [7, 11) is -3.83. The Kier molecular flexibility index (Phi) is 9.58. The van der Waals surface area contributed by atoms with Gasteiger partial charge in [-0.05, 0) is 77.1 Å². The number of hydrogen-bond donors (Lipinski definition) is 5. The van der Waals surface area contributed by atoms with Crippen LogP contribution in [0.4, 0.5) is 5.95 Å². The maximum atomic E-state index is 13.0. The Morgan fingerprint density at radius 1 is 1.10 bits per heavy atom. The lowest BCUT2D eigenvalue weighted by molar-refractivity contribution is -0.157. The lowest BCUT2D eigenvalue weighted by atomic mass is 10.0. The van der Waals surface area contributed by atoms with Crippen LogP contribution in [0.1, 0.15) is 68.9 Å². The number of sulfonamides is 1. The van der Waals surface area contributed by atoms with Crippen LogP contribution in [0.3, 0.4) is 0 Å². The number of aryl methyl sites for hydroxylation is 2. The zero-order valence-corrected chi connectivity index (χ0v) is 24.5. The number of nitrogens with one attached hydrogen (secondary N) is 4. The number of nitrogens with two attached hydrogens (primary N) is 1. The molecule has 0 spiro atoms. The van der Waals surface area contributed by atoms with Crippen LogP contribution < -0.4 is 21.3 Å². The molecule has 0 saturated carbocycles. The van der Waals surface area contributed by atoms with Gasteiger partial charge in [0.25, 0.3) is 11.5 Å². The lowest BCUT2D eigenvalue weighted by Crippen LogP contribution is -2.45. The molecule has 222 valence electrons. The molecule has 0 aliphatic rings. The van der Waals surface area contributed by atoms with Crippen molar-refractivity contribution in [2.45, 2.75) is 77.2 Å². The Bertz CT molecular complexity index is 1580. The minimum atomic E-state index is -3.83. The number of ether oxygens (including phenoxy) is 1. The highest BCUT2D eigenvalue weighted by molar-refractivity contribution is 7.90. The monoisotopic (exact) mass is 588 g/mol. The number of fused-ring (bicyclic) bond motifs is 1. The second-order valence-corrected chi connectivity index (χ2v) is 13.1. The van der Waals surface area contributed by atoms with Crippen LogP contribution in [-0.4, -0.2) is 58.0 Å². The Morgan fingerprint density at radius 2 is 1.76 bits per heavy atom. The molecule has 0 saturated heterocycles. The second-order valence-electron chi connectivity index (χ2n) is 10.9. The van der Waals surface area contributed by atoms with Crippen LogP contribution in [0.15, 0.2) is 35.3 Å². The Morgan fingerprint density at radius 3 is 2.37 bits per heavy atom. The average molecular weight is 589 g/mol. The normalized spacial score (nSPS) is 12.7. The van der Waals surface area contributed by atoms with Gasteiger partial charge in [0, 0.05) is 18.2 Å². The number of esters is 1. The van der Waals surface area contributed by atoms with Crippen molar-refractivity contribution < 1.29 is 27.5 Å². The summed E-state index contributed by atoms with van der Waals surface area (Å²) < 4.78 is 31.3. The van der Waals surface area contributed by atoms with E-state index in [-0.39, 0.29) is 29.9 Å². The number of rotatable bonds is 11. The molecule has 0 aliphatic heterocycles. The topological polar surface area (TPSA) is 206 Å². The summed E-state index contributed by atoms with van der Waals surface area (Å²) in [5, 5.41) is 2.23. The standard InChI is InChI=1S/C27H36N6O7S/c1-15(2)41(38,39)33-20(34)13-12-19(25(37)40-27(3,4)5)30-23(35)17-9-6-16(7-10-17)8-11-18-14-29-22-21(18)24(36)32-26(28)31-22/h6-7,9-10,14-15,19H,8,11-13H2,1-5H3,(H,30,35)(H,33,34)(H4,28,29,31,32,36). The molecule has 0 bridgehead atoms. The van der Waals surface area contributed by atoms with Gasteiger partial charge in [0.05, 0.1) is 10.6 Å². The summed E-state index contributed by atoms with van der Waals surface area (Å²) in [6, 6.07) is 5.54. The summed E-state index contributed by atoms with van der Waals surface area (Å²) in [4.78, 5) is 59.8. The smallest absolute Gasteiger partial charge is 0.329 e. The molecule has 41 heavy (non-hydrogen) atoms. The first-order chi connectivity index (χ1) is 19.1. The Hall–Kier alpha value is -4.20. The van der Waals surface area contributed by atoms with Crippen molar-refractivity contribution in [3.05, 3.63) is 57.5 Å². The maximum absolute atomic E-state index is 13.0. The maximum Gasteiger partial charge on any atom is 0.329 e. The van der Waals surface area contributed by atoms with E-state index < -0.39 is 44.7 Å². The summed E-state index contributed by atoms with van der Waals surface area (Å²) in [6.45, 7) is 7.87. The summed E-state index contributed by atoms with van der Waals surface area (Å²) in [5.74, 6) is -2.07. The molecule has 3 aromatic rings. The van der Waals surface area contributed by atoms with Crippen molar-refractivity contribution in [1.29, 1.82) is 0 Å². The number of nitrogens with zero attached hydrogens (tertiary/aromatic N) is 1. The Balaban J connectivity index is 1.66. The van der Waals surface area contributed by atoms with E-state index in [0.717, 1.165) is 11.1 Å². The van der Waals surface area contributed by atoms with E-state index in [9.17, 15) is 27.6 Å². The van der Waals surface area contributed by atoms with Crippen molar-refractivity contribution >= 4 is 44.8 Å². The number of aromatic amines is 2. The molecular formula is C27H36N6O7S. The summed E-state index contributed by atoms with van der Waals surface area (Å²) in [6.07, 6.45) is 2.34. The number of nitrogen functional groups attached to an aromatic ring is 1. The first-order valence-corrected chi connectivity index (χ1v) is 14.6. The number of carbonyl (C=O) groups excluding carboxylic acids is 3. The van der Waals surface area contributed by atoms with Gasteiger partial charge in [-0.25, -0.2) is 13.2 Å². The average Bonchev–Trinajstić information content (AvgIpc) is 3.27. The third-order valence-electron chi connectivity index (χ3n) is 6.07. The van der Waals surface area contributed by atoms with E-state index in [1.54, 1.807) is 51.2 Å². The highest BCUT2D eigenvalue weighted by Crippen LogP contribution is 2.17. The van der Waals surface area contributed by atoms with Gasteiger partial charge in [-0.3, -0.25) is 24.1 Å². The predicted octanol–water partition coefficient (Wildman–Crippen LogP) is 1.69. The van der Waals surface area contributed by atoms with Crippen LogP contribution in [0.25, 0.3) is 11.0 Å². The van der Waals surface area contributed by atoms with Crippen LogP contribution in [0.2, 0.25) is 0 Å². The van der Waals surface area contributed by atoms with E-state index in [0.29, 0.717) is 23.9 Å². The summed E-state index contributed by atoms with van der Waals surface area (Å²) in [5.41, 5.74) is 6.79. The number of amides is 2. The first kappa shape index (κ1) is 31.3. The molecule has 1 aromatic carbocycles. The van der Waals surface area contributed by atoms with Gasteiger partial charge in [0.2, 0.25) is 21.9 Å². The predicted molar refractivity (Wildman–Crippen MR) is 154 cm³/mol. The Labute approximate surface area is 237 Å². The van der Waals surface area contributed by atoms with Crippen LogP contribution >= 0.6 is 0 Å². The molecule has 6 N–H and O–H groups in total. The zero-order valence-electron chi connectivity index (χ0n) is 23.7. The molecule has 0 radical (unpaired) electrons. The highest BCUT2D eigenvalue weighted by Gasteiger charge is 2.28. The van der Waals surface area contributed by atoms with Gasteiger partial charge < -0.3 is 20.8 Å². The fraction of sp³-hybridized carbons (Fsp3) is 0.444.